The quantitative estimate of drug-likeness (QED) is 0.425. The summed E-state index contributed by atoms with van der Waals surface area (Å²) in [5, 5.41) is 23.1. The number of piperazine rings is 1. The molecule has 17 heavy (non-hydrogen) atoms. The highest BCUT2D eigenvalue weighted by Crippen LogP contribution is 1.95. The third kappa shape index (κ3) is 5.12. The van der Waals surface area contributed by atoms with Gasteiger partial charge in [-0.15, -0.1) is 0 Å². The van der Waals surface area contributed by atoms with Gasteiger partial charge in [0.25, 0.3) is 0 Å². The van der Waals surface area contributed by atoms with Crippen molar-refractivity contribution in [3.05, 3.63) is 0 Å². The first-order chi connectivity index (χ1) is 8.13. The first-order valence-corrected chi connectivity index (χ1v) is 5.69. The Balaban J connectivity index is 2.33. The highest BCUT2D eigenvalue weighted by molar-refractivity contribution is 5.84. The summed E-state index contributed by atoms with van der Waals surface area (Å²) in [5.41, 5.74) is 0. The van der Waals surface area contributed by atoms with Crippen LogP contribution in [0.5, 0.6) is 0 Å². The lowest BCUT2D eigenvalue weighted by molar-refractivity contribution is -0.142. The largest absolute Gasteiger partial charge is 0.480 e. The van der Waals surface area contributed by atoms with E-state index in [1.807, 2.05) is 4.90 Å². The topological polar surface area (TPSA) is 102 Å². The van der Waals surface area contributed by atoms with E-state index in [0.29, 0.717) is 0 Å². The highest BCUT2D eigenvalue weighted by Gasteiger charge is 2.21. The molecule has 0 aromatic rings. The van der Waals surface area contributed by atoms with E-state index in [1.165, 1.54) is 0 Å². The number of hydrogen-bond acceptors (Lipinski definition) is 5. The molecule has 4 N–H and O–H groups in total. The van der Waals surface area contributed by atoms with E-state index in [4.69, 9.17) is 10.2 Å². The lowest BCUT2D eigenvalue weighted by atomic mass is 10.2. The minimum Gasteiger partial charge on any atom is -0.480 e. The van der Waals surface area contributed by atoms with E-state index in [9.17, 15) is 9.59 Å². The molecule has 7 nitrogen and oxygen atoms in total. The monoisotopic (exact) mass is 245 g/mol. The van der Waals surface area contributed by atoms with Gasteiger partial charge in [0.15, 0.2) is 0 Å². The number of carboxylic acids is 1. The molecule has 0 aromatic carbocycles. The number of aliphatic carboxylic acids is 1. The molecule has 0 aromatic heterocycles. The number of rotatable bonds is 6. The van der Waals surface area contributed by atoms with Gasteiger partial charge in [-0.1, -0.05) is 0 Å². The number of aliphatic hydroxyl groups is 1. The van der Waals surface area contributed by atoms with E-state index >= 15 is 0 Å². The Labute approximate surface area is 99.8 Å². The molecule has 1 rings (SSSR count). The van der Waals surface area contributed by atoms with Gasteiger partial charge in [0.1, 0.15) is 6.04 Å². The second-order valence-electron chi connectivity index (χ2n) is 4.00. The van der Waals surface area contributed by atoms with Gasteiger partial charge >= 0.3 is 5.97 Å². The fourth-order valence-electron chi connectivity index (χ4n) is 1.70. The Morgan fingerprint density at radius 1 is 1.35 bits per heavy atom. The van der Waals surface area contributed by atoms with Gasteiger partial charge in [-0.2, -0.15) is 0 Å². The molecule has 1 fully saturated rings. The number of carboxylic acid groups (broad SMARTS) is 1. The van der Waals surface area contributed by atoms with Crippen molar-refractivity contribution < 1.29 is 19.8 Å². The zero-order valence-corrected chi connectivity index (χ0v) is 9.69. The fourth-order valence-corrected chi connectivity index (χ4v) is 1.70. The minimum absolute atomic E-state index is 0.0304. The summed E-state index contributed by atoms with van der Waals surface area (Å²) in [4.78, 5) is 24.3. The van der Waals surface area contributed by atoms with Crippen molar-refractivity contribution in [2.45, 2.75) is 12.5 Å². The van der Waals surface area contributed by atoms with E-state index < -0.39 is 12.0 Å². The summed E-state index contributed by atoms with van der Waals surface area (Å²) in [5.74, 6) is -1.43. The van der Waals surface area contributed by atoms with Gasteiger partial charge < -0.3 is 20.8 Å². The van der Waals surface area contributed by atoms with Crippen LogP contribution in [0.15, 0.2) is 0 Å². The first kappa shape index (κ1) is 13.9. The van der Waals surface area contributed by atoms with E-state index in [2.05, 4.69) is 10.6 Å². The minimum atomic E-state index is -1.12. The van der Waals surface area contributed by atoms with Crippen molar-refractivity contribution in [3.8, 4) is 0 Å². The van der Waals surface area contributed by atoms with Crippen molar-refractivity contribution in [1.29, 1.82) is 0 Å². The molecule has 0 aliphatic carbocycles. The molecule has 0 bridgehead atoms. The van der Waals surface area contributed by atoms with Crippen LogP contribution in [0.2, 0.25) is 0 Å². The predicted octanol–water partition coefficient (Wildman–Crippen LogP) is -2.16. The van der Waals surface area contributed by atoms with Crippen LogP contribution in [0.1, 0.15) is 6.42 Å². The summed E-state index contributed by atoms with van der Waals surface area (Å²) in [6.45, 7) is 3.19. The Bertz CT molecular complexity index is 266. The van der Waals surface area contributed by atoms with Crippen LogP contribution in [0.3, 0.4) is 0 Å². The maximum Gasteiger partial charge on any atom is 0.326 e. The van der Waals surface area contributed by atoms with Crippen LogP contribution in [-0.2, 0) is 9.59 Å². The van der Waals surface area contributed by atoms with Crippen molar-refractivity contribution in [2.24, 2.45) is 0 Å². The number of aliphatic hydroxyl groups excluding tert-OH is 1. The molecule has 1 aliphatic rings. The van der Waals surface area contributed by atoms with Crippen LogP contribution in [-0.4, -0.2) is 72.4 Å². The van der Waals surface area contributed by atoms with Crippen LogP contribution >= 0.6 is 0 Å². The molecule has 0 radical (unpaired) electrons. The molecule has 1 amide bonds. The average Bonchev–Trinajstić information content (AvgIpc) is 2.29. The molecular weight excluding hydrogens is 226 g/mol. The Hall–Kier alpha value is -1.18. The van der Waals surface area contributed by atoms with Crippen molar-refractivity contribution in [2.75, 3.05) is 39.3 Å². The molecule has 1 unspecified atom stereocenters. The Kier molecular flexibility index (Phi) is 5.88. The molecule has 1 aliphatic heterocycles. The van der Waals surface area contributed by atoms with Gasteiger partial charge in [0, 0.05) is 39.2 Å². The van der Waals surface area contributed by atoms with Crippen LogP contribution < -0.4 is 10.6 Å². The fraction of sp³-hybridized carbons (Fsp3) is 0.800. The van der Waals surface area contributed by atoms with E-state index in [1.54, 1.807) is 0 Å². The molecular formula is C10H19N3O4. The summed E-state index contributed by atoms with van der Waals surface area (Å²) in [6.07, 6.45) is 0.0304. The van der Waals surface area contributed by atoms with Gasteiger partial charge in [-0.3, -0.25) is 9.69 Å². The molecule has 1 heterocycles. The summed E-state index contributed by atoms with van der Waals surface area (Å²) < 4.78 is 0. The molecule has 0 spiro atoms. The van der Waals surface area contributed by atoms with E-state index in [0.717, 1.165) is 26.2 Å². The second kappa shape index (κ2) is 7.21. The number of hydrogen-bond donors (Lipinski definition) is 4. The molecule has 7 heteroatoms. The third-order valence-corrected chi connectivity index (χ3v) is 2.63. The summed E-state index contributed by atoms with van der Waals surface area (Å²) in [7, 11) is 0. The van der Waals surface area contributed by atoms with Crippen molar-refractivity contribution >= 4 is 11.9 Å². The normalized spacial score (nSPS) is 18.6. The average molecular weight is 245 g/mol. The van der Waals surface area contributed by atoms with Crippen molar-refractivity contribution in [3.63, 3.8) is 0 Å². The maximum atomic E-state index is 11.6. The zero-order chi connectivity index (χ0) is 12.7. The van der Waals surface area contributed by atoms with Gasteiger partial charge in [0.05, 0.1) is 6.54 Å². The zero-order valence-electron chi connectivity index (χ0n) is 9.69. The highest BCUT2D eigenvalue weighted by atomic mass is 16.4. The second-order valence-corrected chi connectivity index (χ2v) is 4.00. The summed E-state index contributed by atoms with van der Waals surface area (Å²) >= 11 is 0. The van der Waals surface area contributed by atoms with Crippen LogP contribution in [0.25, 0.3) is 0 Å². The van der Waals surface area contributed by atoms with Gasteiger partial charge in [-0.05, 0) is 0 Å². The predicted molar refractivity (Wildman–Crippen MR) is 60.6 cm³/mol. The molecule has 0 saturated carbocycles. The lowest BCUT2D eigenvalue weighted by Crippen LogP contribution is -2.50. The maximum absolute atomic E-state index is 11.6. The number of nitrogens with zero attached hydrogens (tertiary/aromatic N) is 1. The number of amides is 1. The molecule has 1 atom stereocenters. The van der Waals surface area contributed by atoms with E-state index in [-0.39, 0.29) is 25.5 Å². The standard InChI is InChI=1S/C10H19N3O4/c14-6-1-8(10(16)17)12-9(15)7-13-4-2-11-3-5-13/h8,11,14H,1-7H2,(H,12,15)(H,16,17). The Morgan fingerprint density at radius 3 is 2.53 bits per heavy atom. The van der Waals surface area contributed by atoms with Crippen LogP contribution in [0, 0.1) is 0 Å². The third-order valence-electron chi connectivity index (χ3n) is 2.63. The van der Waals surface area contributed by atoms with Crippen LogP contribution in [0.4, 0.5) is 0 Å². The summed E-state index contributed by atoms with van der Waals surface area (Å²) in [6, 6.07) is -1.00. The number of carbonyl (C=O) groups is 2. The SMILES string of the molecule is O=C(CN1CCNCC1)NC(CCO)C(=O)O. The molecule has 1 saturated heterocycles. The number of carbonyl (C=O) groups excluding carboxylic acids is 1. The van der Waals surface area contributed by atoms with Gasteiger partial charge in [0.2, 0.25) is 5.91 Å². The Morgan fingerprint density at radius 2 is 2.00 bits per heavy atom. The lowest BCUT2D eigenvalue weighted by Gasteiger charge is -2.27. The van der Waals surface area contributed by atoms with Crippen molar-refractivity contribution in [1.82, 2.24) is 15.5 Å². The van der Waals surface area contributed by atoms with Gasteiger partial charge in [-0.25, -0.2) is 4.79 Å². The molecule has 98 valence electrons. The smallest absolute Gasteiger partial charge is 0.326 e. The first-order valence-electron chi connectivity index (χ1n) is 5.69. The number of nitrogens with one attached hydrogen (secondary N) is 2.